The summed E-state index contributed by atoms with van der Waals surface area (Å²) < 4.78 is 1.31. The zero-order valence-electron chi connectivity index (χ0n) is 12.9. The maximum atomic E-state index is 11.9. The molecule has 1 saturated carbocycles. The van der Waals surface area contributed by atoms with Crippen LogP contribution in [0.1, 0.15) is 46.5 Å². The molecule has 1 aromatic heterocycles. The Morgan fingerprint density at radius 2 is 2.00 bits per heavy atom. The van der Waals surface area contributed by atoms with Gasteiger partial charge in [-0.05, 0) is 38.0 Å². The van der Waals surface area contributed by atoms with Crippen LogP contribution < -0.4 is 10.9 Å². The highest BCUT2D eigenvalue weighted by Crippen LogP contribution is 2.40. The molecule has 0 aliphatic heterocycles. The summed E-state index contributed by atoms with van der Waals surface area (Å²) in [6, 6.07) is 0. The van der Waals surface area contributed by atoms with Crippen molar-refractivity contribution in [1.82, 2.24) is 9.78 Å². The molecule has 0 unspecified atom stereocenters. The number of hydrogen-bond donors (Lipinski definition) is 2. The Labute approximate surface area is 130 Å². The van der Waals surface area contributed by atoms with Crippen molar-refractivity contribution < 1.29 is 5.11 Å². The molecule has 0 spiro atoms. The number of aliphatic hydroxyl groups is 1. The molecule has 21 heavy (non-hydrogen) atoms. The van der Waals surface area contributed by atoms with E-state index in [1.54, 1.807) is 6.20 Å². The summed E-state index contributed by atoms with van der Waals surface area (Å²) in [5.74, 6) is 0. The zero-order chi connectivity index (χ0) is 15.7. The summed E-state index contributed by atoms with van der Waals surface area (Å²) >= 11 is 6.07. The number of halogens is 1. The third-order valence-corrected chi connectivity index (χ3v) is 4.79. The van der Waals surface area contributed by atoms with Crippen LogP contribution in [0.5, 0.6) is 0 Å². The minimum absolute atomic E-state index is 0.131. The molecule has 2 N–H and O–H groups in total. The van der Waals surface area contributed by atoms with E-state index in [9.17, 15) is 9.90 Å². The molecule has 0 atom stereocenters. The Balaban J connectivity index is 2.04. The zero-order valence-corrected chi connectivity index (χ0v) is 13.7. The Morgan fingerprint density at radius 1 is 1.38 bits per heavy atom. The van der Waals surface area contributed by atoms with Gasteiger partial charge in [-0.15, -0.1) is 0 Å². The van der Waals surface area contributed by atoms with Crippen molar-refractivity contribution in [3.63, 3.8) is 0 Å². The molecule has 1 aliphatic rings. The molecule has 1 heterocycles. The molecule has 6 heteroatoms. The fourth-order valence-corrected chi connectivity index (χ4v) is 2.86. The molecule has 0 bridgehead atoms. The first kappa shape index (κ1) is 16.3. The Morgan fingerprint density at radius 3 is 2.57 bits per heavy atom. The van der Waals surface area contributed by atoms with E-state index in [4.69, 9.17) is 11.6 Å². The smallest absolute Gasteiger partial charge is 0.287 e. The van der Waals surface area contributed by atoms with Gasteiger partial charge in [-0.2, -0.15) is 5.10 Å². The minimum atomic E-state index is -0.738. The van der Waals surface area contributed by atoms with Crippen molar-refractivity contribution in [3.8, 4) is 0 Å². The lowest BCUT2D eigenvalue weighted by molar-refractivity contribution is -0.0145. The van der Waals surface area contributed by atoms with E-state index < -0.39 is 5.60 Å². The number of nitrogens with one attached hydrogen (secondary N) is 1. The van der Waals surface area contributed by atoms with E-state index in [0.29, 0.717) is 24.2 Å². The second kappa shape index (κ2) is 5.97. The number of anilines is 1. The second-order valence-electron chi connectivity index (χ2n) is 6.74. The molecule has 0 aromatic carbocycles. The fraction of sp³-hybridized carbons (Fsp3) is 0.733. The lowest BCUT2D eigenvalue weighted by Crippen LogP contribution is -2.42. The molecule has 1 aromatic rings. The second-order valence-corrected chi connectivity index (χ2v) is 7.11. The highest BCUT2D eigenvalue weighted by molar-refractivity contribution is 6.32. The van der Waals surface area contributed by atoms with Gasteiger partial charge in [-0.3, -0.25) is 4.79 Å². The SMILES string of the molecule is CCn1ncc(NCC2(O)CCC(C)(C)CC2)c(Cl)c1=O. The highest BCUT2D eigenvalue weighted by Gasteiger charge is 2.36. The molecule has 5 nitrogen and oxygen atoms in total. The molecule has 2 rings (SSSR count). The van der Waals surface area contributed by atoms with Crippen LogP contribution in [0.4, 0.5) is 5.69 Å². The first-order valence-electron chi connectivity index (χ1n) is 7.48. The van der Waals surface area contributed by atoms with Crippen LogP contribution in [-0.4, -0.2) is 27.0 Å². The van der Waals surface area contributed by atoms with Gasteiger partial charge in [-0.1, -0.05) is 25.4 Å². The van der Waals surface area contributed by atoms with Gasteiger partial charge in [0.05, 0.1) is 17.5 Å². The van der Waals surface area contributed by atoms with Crippen molar-refractivity contribution in [2.45, 2.75) is 58.6 Å². The first-order chi connectivity index (χ1) is 9.76. The van der Waals surface area contributed by atoms with Crippen LogP contribution in [0, 0.1) is 5.41 Å². The maximum Gasteiger partial charge on any atom is 0.287 e. The van der Waals surface area contributed by atoms with Gasteiger partial charge in [0, 0.05) is 13.1 Å². The van der Waals surface area contributed by atoms with Gasteiger partial charge in [0.15, 0.2) is 0 Å². The summed E-state index contributed by atoms with van der Waals surface area (Å²) in [6.45, 7) is 7.17. The third kappa shape index (κ3) is 3.77. The van der Waals surface area contributed by atoms with Gasteiger partial charge >= 0.3 is 0 Å². The van der Waals surface area contributed by atoms with Gasteiger partial charge in [0.2, 0.25) is 0 Å². The largest absolute Gasteiger partial charge is 0.388 e. The number of aryl methyl sites for hydroxylation is 1. The predicted molar refractivity (Wildman–Crippen MR) is 84.9 cm³/mol. The monoisotopic (exact) mass is 313 g/mol. The van der Waals surface area contributed by atoms with Crippen LogP contribution >= 0.6 is 11.6 Å². The summed E-state index contributed by atoms with van der Waals surface area (Å²) in [5.41, 5.74) is -0.253. The lowest BCUT2D eigenvalue weighted by Gasteiger charge is -2.40. The molecule has 1 fully saturated rings. The average Bonchev–Trinajstić information content (AvgIpc) is 2.45. The Kier molecular flexibility index (Phi) is 4.63. The first-order valence-corrected chi connectivity index (χ1v) is 7.86. The van der Waals surface area contributed by atoms with E-state index in [0.717, 1.165) is 25.7 Å². The summed E-state index contributed by atoms with van der Waals surface area (Å²) in [7, 11) is 0. The average molecular weight is 314 g/mol. The summed E-state index contributed by atoms with van der Waals surface area (Å²) in [4.78, 5) is 11.9. The standard InChI is InChI=1S/C15H24ClN3O2/c1-4-19-13(20)12(16)11(9-18-19)17-10-15(21)7-5-14(2,3)6-8-15/h9,17,21H,4-8,10H2,1-3H3. The predicted octanol–water partition coefficient (Wildman–Crippen LogP) is 2.66. The minimum Gasteiger partial charge on any atom is -0.388 e. The highest BCUT2D eigenvalue weighted by atomic mass is 35.5. The van der Waals surface area contributed by atoms with Crippen molar-refractivity contribution >= 4 is 17.3 Å². The van der Waals surface area contributed by atoms with Crippen LogP contribution in [-0.2, 0) is 6.54 Å². The molecular formula is C15H24ClN3O2. The molecular weight excluding hydrogens is 290 g/mol. The van der Waals surface area contributed by atoms with Crippen molar-refractivity contribution in [2.24, 2.45) is 5.41 Å². The summed E-state index contributed by atoms with van der Waals surface area (Å²) in [6.07, 6.45) is 5.04. The van der Waals surface area contributed by atoms with Crippen molar-refractivity contribution in [3.05, 3.63) is 21.6 Å². The topological polar surface area (TPSA) is 67.2 Å². The number of nitrogens with zero attached hydrogens (tertiary/aromatic N) is 2. The fourth-order valence-electron chi connectivity index (χ4n) is 2.64. The van der Waals surface area contributed by atoms with Gasteiger partial charge in [0.25, 0.3) is 5.56 Å². The third-order valence-electron chi connectivity index (χ3n) is 4.43. The van der Waals surface area contributed by atoms with E-state index in [1.165, 1.54) is 4.68 Å². The lowest BCUT2D eigenvalue weighted by atomic mass is 9.71. The quantitative estimate of drug-likeness (QED) is 0.897. The van der Waals surface area contributed by atoms with E-state index in [2.05, 4.69) is 24.3 Å². The van der Waals surface area contributed by atoms with Gasteiger partial charge in [0.1, 0.15) is 5.02 Å². The summed E-state index contributed by atoms with van der Waals surface area (Å²) in [5, 5.41) is 17.9. The van der Waals surface area contributed by atoms with Gasteiger partial charge < -0.3 is 10.4 Å². The molecule has 1 aliphatic carbocycles. The molecule has 118 valence electrons. The van der Waals surface area contributed by atoms with E-state index >= 15 is 0 Å². The van der Waals surface area contributed by atoms with Crippen LogP contribution in [0.2, 0.25) is 5.02 Å². The number of hydrogen-bond acceptors (Lipinski definition) is 4. The molecule has 0 radical (unpaired) electrons. The van der Waals surface area contributed by atoms with Crippen molar-refractivity contribution in [2.75, 3.05) is 11.9 Å². The maximum absolute atomic E-state index is 11.9. The molecule has 0 saturated heterocycles. The Bertz CT molecular complexity index is 559. The van der Waals surface area contributed by atoms with E-state index in [-0.39, 0.29) is 10.6 Å². The Hall–Kier alpha value is -1.07. The number of aromatic nitrogens is 2. The normalized spacial score (nSPS) is 20.2. The van der Waals surface area contributed by atoms with Gasteiger partial charge in [-0.25, -0.2) is 4.68 Å². The molecule has 0 amide bonds. The van der Waals surface area contributed by atoms with Crippen LogP contribution in [0.15, 0.2) is 11.0 Å². The van der Waals surface area contributed by atoms with E-state index in [1.807, 2.05) is 6.92 Å². The van der Waals surface area contributed by atoms with Crippen LogP contribution in [0.25, 0.3) is 0 Å². The van der Waals surface area contributed by atoms with Crippen LogP contribution in [0.3, 0.4) is 0 Å². The van der Waals surface area contributed by atoms with Crippen molar-refractivity contribution in [1.29, 1.82) is 0 Å². The number of rotatable bonds is 4.